The molecule has 2 nitrogen and oxygen atoms in total. The Labute approximate surface area is 137 Å². The highest BCUT2D eigenvalue weighted by Crippen LogP contribution is 2.16. The van der Waals surface area contributed by atoms with Gasteiger partial charge in [0.15, 0.2) is 0 Å². The van der Waals surface area contributed by atoms with Crippen molar-refractivity contribution in [3.8, 4) is 0 Å². The Balaban J connectivity index is 1.58. The summed E-state index contributed by atoms with van der Waals surface area (Å²) in [4.78, 5) is 4.61. The molecule has 0 aliphatic carbocycles. The number of nitrogens with zero attached hydrogens (tertiary/aromatic N) is 1. The van der Waals surface area contributed by atoms with Crippen LogP contribution in [0.25, 0.3) is 0 Å². The second-order valence-corrected chi connectivity index (χ2v) is 7.51. The van der Waals surface area contributed by atoms with Crippen LogP contribution in [0.15, 0.2) is 66.0 Å². The molecule has 1 aromatic heterocycles. The molecular formula is C18H17NOS2. The Bertz CT molecular complexity index is 738. The summed E-state index contributed by atoms with van der Waals surface area (Å²) in [6.07, 6.45) is 0.844. The van der Waals surface area contributed by atoms with Crippen molar-refractivity contribution in [1.82, 2.24) is 4.98 Å². The number of rotatable bonds is 6. The summed E-state index contributed by atoms with van der Waals surface area (Å²) in [5.74, 6) is 1.12. The lowest BCUT2D eigenvalue weighted by Crippen LogP contribution is -2.00. The highest BCUT2D eigenvalue weighted by Gasteiger charge is 2.08. The lowest BCUT2D eigenvalue weighted by molar-refractivity contribution is 0.681. The minimum Gasteiger partial charge on any atom is -0.259 e. The number of benzene rings is 2. The molecule has 1 atom stereocenters. The molecule has 0 aliphatic heterocycles. The van der Waals surface area contributed by atoms with Crippen LogP contribution in [0.2, 0.25) is 0 Å². The van der Waals surface area contributed by atoms with E-state index in [9.17, 15) is 4.21 Å². The normalized spacial score (nSPS) is 12.2. The minimum absolute atomic E-state index is 0.528. The zero-order valence-corrected chi connectivity index (χ0v) is 13.8. The van der Waals surface area contributed by atoms with E-state index in [2.05, 4.69) is 17.1 Å². The fraction of sp³-hybridized carbons (Fsp3) is 0.167. The summed E-state index contributed by atoms with van der Waals surface area (Å²) in [5.41, 5.74) is 3.31. The number of thiazole rings is 1. The zero-order chi connectivity index (χ0) is 15.2. The van der Waals surface area contributed by atoms with Gasteiger partial charge in [-0.25, -0.2) is 4.98 Å². The smallest absolute Gasteiger partial charge is 0.0972 e. The van der Waals surface area contributed by atoms with Crippen LogP contribution in [0.4, 0.5) is 0 Å². The summed E-state index contributed by atoms with van der Waals surface area (Å²) >= 11 is 1.65. The summed E-state index contributed by atoms with van der Waals surface area (Å²) in [6.45, 7) is 0. The Morgan fingerprint density at radius 3 is 2.18 bits per heavy atom. The van der Waals surface area contributed by atoms with Crippen molar-refractivity contribution in [2.24, 2.45) is 0 Å². The van der Waals surface area contributed by atoms with Crippen molar-refractivity contribution in [1.29, 1.82) is 0 Å². The van der Waals surface area contributed by atoms with Gasteiger partial charge >= 0.3 is 0 Å². The Hall–Kier alpha value is -1.78. The van der Waals surface area contributed by atoms with E-state index >= 15 is 0 Å². The lowest BCUT2D eigenvalue weighted by Gasteiger charge is -2.00. The average Bonchev–Trinajstić information content (AvgIpc) is 2.96. The second kappa shape index (κ2) is 7.47. The second-order valence-electron chi connectivity index (χ2n) is 5.11. The minimum atomic E-state index is -0.911. The van der Waals surface area contributed by atoms with E-state index in [0.717, 1.165) is 22.7 Å². The fourth-order valence-electron chi connectivity index (χ4n) is 2.24. The first-order chi connectivity index (χ1) is 10.8. The summed E-state index contributed by atoms with van der Waals surface area (Å²) in [5, 5.41) is 3.11. The summed E-state index contributed by atoms with van der Waals surface area (Å²) in [7, 11) is -0.911. The number of hydrogen-bond acceptors (Lipinski definition) is 3. The molecule has 0 spiro atoms. The van der Waals surface area contributed by atoms with Gasteiger partial charge in [-0.05, 0) is 11.1 Å². The Morgan fingerprint density at radius 2 is 1.50 bits per heavy atom. The van der Waals surface area contributed by atoms with Gasteiger partial charge in [0.1, 0.15) is 0 Å². The largest absolute Gasteiger partial charge is 0.259 e. The van der Waals surface area contributed by atoms with Crippen LogP contribution in [-0.4, -0.2) is 9.19 Å². The van der Waals surface area contributed by atoms with Gasteiger partial charge < -0.3 is 0 Å². The Kier molecular flexibility index (Phi) is 5.14. The standard InChI is InChI=1S/C18H17NOS2/c20-22(13-16-9-5-2-6-10-16)14-17-12-21-18(19-17)11-15-7-3-1-4-8-15/h1-10,12H,11,13-14H2. The first-order valence-electron chi connectivity index (χ1n) is 7.16. The van der Waals surface area contributed by atoms with Gasteiger partial charge in [0.2, 0.25) is 0 Å². The highest BCUT2D eigenvalue weighted by atomic mass is 32.2. The van der Waals surface area contributed by atoms with Crippen LogP contribution in [-0.2, 0) is 28.7 Å². The number of aromatic nitrogens is 1. The average molecular weight is 327 g/mol. The first-order valence-corrected chi connectivity index (χ1v) is 9.52. The van der Waals surface area contributed by atoms with E-state index in [4.69, 9.17) is 0 Å². The van der Waals surface area contributed by atoms with Crippen molar-refractivity contribution < 1.29 is 4.21 Å². The highest BCUT2D eigenvalue weighted by molar-refractivity contribution is 7.83. The predicted octanol–water partition coefficient (Wildman–Crippen LogP) is 4.18. The lowest BCUT2D eigenvalue weighted by atomic mass is 10.2. The van der Waals surface area contributed by atoms with Crippen molar-refractivity contribution in [2.45, 2.75) is 17.9 Å². The molecule has 0 fully saturated rings. The molecule has 1 unspecified atom stereocenters. The quantitative estimate of drug-likeness (QED) is 0.680. The number of hydrogen-bond donors (Lipinski definition) is 0. The molecule has 0 saturated heterocycles. The topological polar surface area (TPSA) is 30.0 Å². The Morgan fingerprint density at radius 1 is 0.864 bits per heavy atom. The third-order valence-electron chi connectivity index (χ3n) is 3.28. The van der Waals surface area contributed by atoms with Crippen LogP contribution >= 0.6 is 11.3 Å². The maximum Gasteiger partial charge on any atom is 0.0972 e. The molecule has 0 amide bonds. The van der Waals surface area contributed by atoms with Gasteiger partial charge in [-0.3, -0.25) is 4.21 Å². The van der Waals surface area contributed by atoms with Crippen LogP contribution < -0.4 is 0 Å². The molecule has 3 aromatic rings. The van der Waals surface area contributed by atoms with E-state index in [1.807, 2.05) is 53.9 Å². The van der Waals surface area contributed by atoms with Gasteiger partial charge in [-0.2, -0.15) is 0 Å². The molecule has 4 heteroatoms. The van der Waals surface area contributed by atoms with E-state index in [-0.39, 0.29) is 0 Å². The molecule has 0 saturated carbocycles. The van der Waals surface area contributed by atoms with Gasteiger partial charge in [0.05, 0.1) is 16.5 Å². The third-order valence-corrected chi connectivity index (χ3v) is 5.45. The summed E-state index contributed by atoms with van der Waals surface area (Å²) < 4.78 is 12.2. The molecule has 112 valence electrons. The first kappa shape index (κ1) is 15.1. The maximum atomic E-state index is 12.2. The molecule has 2 aromatic carbocycles. The monoisotopic (exact) mass is 327 g/mol. The zero-order valence-electron chi connectivity index (χ0n) is 12.1. The van der Waals surface area contributed by atoms with Gasteiger partial charge in [-0.1, -0.05) is 60.7 Å². The van der Waals surface area contributed by atoms with Crippen molar-refractivity contribution in [3.63, 3.8) is 0 Å². The van der Waals surface area contributed by atoms with Crippen LogP contribution in [0.5, 0.6) is 0 Å². The fourth-order valence-corrected chi connectivity index (χ4v) is 4.32. The van der Waals surface area contributed by atoms with E-state index < -0.39 is 10.8 Å². The van der Waals surface area contributed by atoms with E-state index in [0.29, 0.717) is 11.5 Å². The van der Waals surface area contributed by atoms with Crippen molar-refractivity contribution in [3.05, 3.63) is 87.9 Å². The van der Waals surface area contributed by atoms with E-state index in [1.165, 1.54) is 5.56 Å². The SMILES string of the molecule is O=S(Cc1ccccc1)Cc1csc(Cc2ccccc2)n1. The van der Waals surface area contributed by atoms with Crippen LogP contribution in [0.1, 0.15) is 21.8 Å². The molecule has 22 heavy (non-hydrogen) atoms. The van der Waals surface area contributed by atoms with Gasteiger partial charge in [-0.15, -0.1) is 11.3 Å². The molecule has 0 radical (unpaired) electrons. The van der Waals surface area contributed by atoms with E-state index in [1.54, 1.807) is 11.3 Å². The molecule has 0 aliphatic rings. The van der Waals surface area contributed by atoms with Crippen molar-refractivity contribution >= 4 is 22.1 Å². The van der Waals surface area contributed by atoms with Gasteiger partial charge in [0, 0.05) is 28.4 Å². The molecule has 3 rings (SSSR count). The molecule has 0 bridgehead atoms. The summed E-state index contributed by atoms with van der Waals surface area (Å²) in [6, 6.07) is 20.3. The predicted molar refractivity (Wildman–Crippen MR) is 93.4 cm³/mol. The molecule has 1 heterocycles. The molecular weight excluding hydrogens is 310 g/mol. The third kappa shape index (κ3) is 4.36. The van der Waals surface area contributed by atoms with Crippen molar-refractivity contribution in [2.75, 3.05) is 0 Å². The van der Waals surface area contributed by atoms with Crippen LogP contribution in [0.3, 0.4) is 0 Å². The maximum absolute atomic E-state index is 12.2. The molecule has 0 N–H and O–H groups in total. The van der Waals surface area contributed by atoms with Crippen LogP contribution in [0, 0.1) is 0 Å². The van der Waals surface area contributed by atoms with Gasteiger partial charge in [0.25, 0.3) is 0 Å².